The van der Waals surface area contributed by atoms with Crippen LogP contribution in [0.3, 0.4) is 0 Å². The predicted molar refractivity (Wildman–Crippen MR) is 108 cm³/mol. The van der Waals surface area contributed by atoms with E-state index in [1.807, 2.05) is 6.07 Å². The minimum Gasteiger partial charge on any atom is -0.506 e. The fraction of sp³-hybridized carbons (Fsp3) is 0.0952. The molecule has 4 rings (SSSR count). The maximum atomic E-state index is 12.5. The number of carbonyl (C=O) groups is 1. The second kappa shape index (κ2) is 7.61. The van der Waals surface area contributed by atoms with Gasteiger partial charge in [0.1, 0.15) is 17.9 Å². The Labute approximate surface area is 165 Å². The standard InChI is InChI=1S/C21H17N3O5/c1-28-11-16(26)18-19(27)17(9-12-10-23-20-13(12)5-4-8-22-20)29-21(18)24-14-6-2-3-7-15(14)25/h2-10,24-25,27H,11H2,1H3. The first-order valence-electron chi connectivity index (χ1n) is 8.72. The molecular weight excluding hydrogens is 374 g/mol. The van der Waals surface area contributed by atoms with Gasteiger partial charge in [-0.15, -0.1) is 0 Å². The van der Waals surface area contributed by atoms with Crippen LogP contribution in [0.5, 0.6) is 11.5 Å². The van der Waals surface area contributed by atoms with Gasteiger partial charge in [0.05, 0.1) is 5.69 Å². The molecule has 8 heteroatoms. The number of carbonyl (C=O) groups excluding carboxylic acids is 1. The number of aromatic hydroxyl groups is 2. The number of allylic oxidation sites excluding steroid dienone is 1. The van der Waals surface area contributed by atoms with Crippen molar-refractivity contribution in [1.29, 1.82) is 0 Å². The summed E-state index contributed by atoms with van der Waals surface area (Å²) in [6.07, 6.45) is 4.82. The van der Waals surface area contributed by atoms with Crippen LogP contribution in [0.25, 0.3) is 11.6 Å². The van der Waals surface area contributed by atoms with E-state index in [2.05, 4.69) is 15.3 Å². The van der Waals surface area contributed by atoms with E-state index >= 15 is 0 Å². The molecular formula is C21H17N3O5. The largest absolute Gasteiger partial charge is 0.506 e. The number of Topliss-reactive ketones (excluding diaryl/α,β-unsaturated/α-hetero) is 1. The SMILES string of the molecule is COCC(=O)c1c(Nc2ccccc2O)oc(C=C2C=Nc3ncccc32)c1O. The molecule has 0 amide bonds. The van der Waals surface area contributed by atoms with Gasteiger partial charge in [0, 0.05) is 30.7 Å². The number of nitrogens with zero attached hydrogens (tertiary/aromatic N) is 2. The minimum atomic E-state index is -0.474. The third kappa shape index (κ3) is 3.48. The number of benzene rings is 1. The van der Waals surface area contributed by atoms with Crippen LogP contribution in [-0.2, 0) is 4.74 Å². The van der Waals surface area contributed by atoms with Crippen LogP contribution in [0.4, 0.5) is 17.4 Å². The number of para-hydroxylation sites is 2. The number of pyridine rings is 1. The number of aromatic nitrogens is 1. The average molecular weight is 391 g/mol. The highest BCUT2D eigenvalue weighted by Crippen LogP contribution is 2.40. The molecule has 0 fully saturated rings. The van der Waals surface area contributed by atoms with Gasteiger partial charge in [-0.1, -0.05) is 12.1 Å². The van der Waals surface area contributed by atoms with Crippen LogP contribution in [0.1, 0.15) is 21.7 Å². The zero-order valence-corrected chi connectivity index (χ0v) is 15.4. The molecule has 1 aromatic carbocycles. The van der Waals surface area contributed by atoms with Crippen molar-refractivity contribution >= 4 is 41.0 Å². The molecule has 3 N–H and O–H groups in total. The molecule has 29 heavy (non-hydrogen) atoms. The summed E-state index contributed by atoms with van der Waals surface area (Å²) in [5, 5.41) is 23.5. The zero-order valence-electron chi connectivity index (χ0n) is 15.4. The molecule has 0 radical (unpaired) electrons. The fourth-order valence-electron chi connectivity index (χ4n) is 2.97. The molecule has 3 aromatic rings. The number of rotatable bonds is 6. The van der Waals surface area contributed by atoms with Crippen LogP contribution in [-0.4, -0.2) is 40.9 Å². The monoisotopic (exact) mass is 391 g/mol. The van der Waals surface area contributed by atoms with Crippen molar-refractivity contribution in [3.63, 3.8) is 0 Å². The summed E-state index contributed by atoms with van der Waals surface area (Å²) in [6, 6.07) is 10.1. The number of hydrogen-bond donors (Lipinski definition) is 3. The lowest BCUT2D eigenvalue weighted by atomic mass is 10.1. The summed E-state index contributed by atoms with van der Waals surface area (Å²) < 4.78 is 10.6. The maximum Gasteiger partial charge on any atom is 0.213 e. The fourth-order valence-corrected chi connectivity index (χ4v) is 2.97. The van der Waals surface area contributed by atoms with E-state index in [1.165, 1.54) is 13.2 Å². The number of nitrogens with one attached hydrogen (secondary N) is 1. The molecule has 3 heterocycles. The summed E-state index contributed by atoms with van der Waals surface area (Å²) in [5.74, 6) is -0.203. The van der Waals surface area contributed by atoms with Gasteiger partial charge in [0.2, 0.25) is 5.88 Å². The van der Waals surface area contributed by atoms with E-state index in [-0.39, 0.29) is 35.3 Å². The lowest BCUT2D eigenvalue weighted by Gasteiger charge is -2.07. The molecule has 1 aliphatic heterocycles. The first-order valence-corrected chi connectivity index (χ1v) is 8.72. The van der Waals surface area contributed by atoms with E-state index < -0.39 is 5.78 Å². The highest BCUT2D eigenvalue weighted by molar-refractivity contribution is 6.21. The Hall–Kier alpha value is -3.91. The van der Waals surface area contributed by atoms with Crippen LogP contribution in [0.15, 0.2) is 52.0 Å². The van der Waals surface area contributed by atoms with Crippen molar-refractivity contribution in [3.05, 3.63) is 59.5 Å². The first kappa shape index (κ1) is 18.5. The van der Waals surface area contributed by atoms with Crippen molar-refractivity contribution in [2.45, 2.75) is 0 Å². The molecule has 0 saturated heterocycles. The summed E-state index contributed by atoms with van der Waals surface area (Å²) in [4.78, 5) is 20.9. The third-order valence-corrected chi connectivity index (χ3v) is 4.33. The van der Waals surface area contributed by atoms with Gasteiger partial charge in [-0.3, -0.25) is 4.79 Å². The molecule has 1 aliphatic rings. The molecule has 2 aromatic heterocycles. The van der Waals surface area contributed by atoms with Gasteiger partial charge in [0.15, 0.2) is 23.1 Å². The van der Waals surface area contributed by atoms with Crippen molar-refractivity contribution in [1.82, 2.24) is 4.98 Å². The first-order chi connectivity index (χ1) is 14.1. The highest BCUT2D eigenvalue weighted by atomic mass is 16.5. The molecule has 0 spiro atoms. The van der Waals surface area contributed by atoms with Gasteiger partial charge in [-0.2, -0.15) is 0 Å². The van der Waals surface area contributed by atoms with Crippen LogP contribution in [0.2, 0.25) is 0 Å². The summed E-state index contributed by atoms with van der Waals surface area (Å²) >= 11 is 0. The Morgan fingerprint density at radius 3 is 2.86 bits per heavy atom. The number of ketones is 1. The third-order valence-electron chi connectivity index (χ3n) is 4.33. The van der Waals surface area contributed by atoms with E-state index in [0.29, 0.717) is 17.1 Å². The summed E-state index contributed by atoms with van der Waals surface area (Å²) in [7, 11) is 1.38. The molecule has 146 valence electrons. The smallest absolute Gasteiger partial charge is 0.213 e. The number of ether oxygens (including phenoxy) is 1. The lowest BCUT2D eigenvalue weighted by molar-refractivity contribution is 0.0846. The highest BCUT2D eigenvalue weighted by Gasteiger charge is 2.26. The number of hydrogen-bond acceptors (Lipinski definition) is 8. The second-order valence-corrected chi connectivity index (χ2v) is 6.25. The van der Waals surface area contributed by atoms with Gasteiger partial charge in [-0.25, -0.2) is 9.98 Å². The Morgan fingerprint density at radius 1 is 1.24 bits per heavy atom. The molecule has 0 bridgehead atoms. The van der Waals surface area contributed by atoms with Crippen molar-refractivity contribution in [2.75, 3.05) is 19.0 Å². The Bertz CT molecular complexity index is 1150. The number of aliphatic imine (C=N–C) groups is 1. The Balaban J connectivity index is 1.78. The van der Waals surface area contributed by atoms with Gasteiger partial charge >= 0.3 is 0 Å². The van der Waals surface area contributed by atoms with Crippen LogP contribution >= 0.6 is 0 Å². The normalized spacial score (nSPS) is 13.6. The maximum absolute atomic E-state index is 12.5. The Kier molecular flexibility index (Phi) is 4.84. The van der Waals surface area contributed by atoms with Crippen molar-refractivity contribution in [3.8, 4) is 11.5 Å². The number of fused-ring (bicyclic) bond motifs is 1. The van der Waals surface area contributed by atoms with E-state index in [1.54, 1.807) is 42.8 Å². The van der Waals surface area contributed by atoms with Gasteiger partial charge < -0.3 is 24.7 Å². The minimum absolute atomic E-state index is 0.000698. The van der Waals surface area contributed by atoms with Crippen molar-refractivity contribution < 1.29 is 24.2 Å². The molecule has 0 atom stereocenters. The lowest BCUT2D eigenvalue weighted by Crippen LogP contribution is -2.08. The second-order valence-electron chi connectivity index (χ2n) is 6.25. The topological polar surface area (TPSA) is 117 Å². The summed E-state index contributed by atoms with van der Waals surface area (Å²) in [5.41, 5.74) is 1.72. The Morgan fingerprint density at radius 2 is 2.07 bits per heavy atom. The van der Waals surface area contributed by atoms with E-state index in [0.717, 1.165) is 5.56 Å². The van der Waals surface area contributed by atoms with Crippen molar-refractivity contribution in [2.24, 2.45) is 4.99 Å². The number of methoxy groups -OCH3 is 1. The van der Waals surface area contributed by atoms with Gasteiger partial charge in [-0.05, 0) is 30.3 Å². The number of anilines is 2. The number of phenols is 1. The molecule has 8 nitrogen and oxygen atoms in total. The zero-order chi connectivity index (χ0) is 20.4. The van der Waals surface area contributed by atoms with Gasteiger partial charge in [0.25, 0.3) is 0 Å². The quantitative estimate of drug-likeness (QED) is 0.431. The van der Waals surface area contributed by atoms with Crippen LogP contribution in [0, 0.1) is 0 Å². The molecule has 0 saturated carbocycles. The number of furan rings is 1. The summed E-state index contributed by atoms with van der Waals surface area (Å²) in [6.45, 7) is -0.243. The van der Waals surface area contributed by atoms with E-state index in [4.69, 9.17) is 9.15 Å². The average Bonchev–Trinajstić information content (AvgIpc) is 3.25. The number of phenolic OH excluding ortho intramolecular Hbond substituents is 1. The molecule has 0 unspecified atom stereocenters. The van der Waals surface area contributed by atoms with E-state index in [9.17, 15) is 15.0 Å². The van der Waals surface area contributed by atoms with Crippen LogP contribution < -0.4 is 5.32 Å². The molecule has 0 aliphatic carbocycles. The predicted octanol–water partition coefficient (Wildman–Crippen LogP) is 3.92.